The third kappa shape index (κ3) is 4.91. The van der Waals surface area contributed by atoms with E-state index in [1.165, 1.54) is 22.5 Å². The predicted octanol–water partition coefficient (Wildman–Crippen LogP) is 4.80. The minimum absolute atomic E-state index is 0.0502. The molecule has 1 fully saturated rings. The summed E-state index contributed by atoms with van der Waals surface area (Å²) in [6.07, 6.45) is 0.940. The summed E-state index contributed by atoms with van der Waals surface area (Å²) in [4.78, 5) is -0.337. The van der Waals surface area contributed by atoms with E-state index in [0.717, 1.165) is 35.8 Å². The lowest BCUT2D eigenvalue weighted by Crippen LogP contribution is -2.33. The van der Waals surface area contributed by atoms with Gasteiger partial charge in [-0.2, -0.15) is 4.31 Å². The summed E-state index contributed by atoms with van der Waals surface area (Å²) in [6.45, 7) is 4.19. The summed E-state index contributed by atoms with van der Waals surface area (Å²) in [5.41, 5.74) is 3.71. The molecule has 0 N–H and O–H groups in total. The molecule has 3 aromatic rings. The van der Waals surface area contributed by atoms with Crippen LogP contribution in [-0.2, 0) is 21.3 Å². The second-order valence-corrected chi connectivity index (χ2v) is 10.8. The van der Waals surface area contributed by atoms with Gasteiger partial charge in [-0.05, 0) is 54.3 Å². The molecular weight excluding hydrogens is 469 g/mol. The largest absolute Gasteiger partial charge is 0.489 e. The van der Waals surface area contributed by atoms with E-state index >= 15 is 0 Å². The monoisotopic (exact) mass is 497 g/mol. The summed E-state index contributed by atoms with van der Waals surface area (Å²) in [5, 5.41) is 0. The molecule has 35 heavy (non-hydrogen) atoms. The Balaban J connectivity index is 1.54. The Morgan fingerprint density at radius 1 is 1.09 bits per heavy atom. The first-order valence-corrected chi connectivity index (χ1v) is 13.2. The van der Waals surface area contributed by atoms with Crippen molar-refractivity contribution < 1.29 is 27.0 Å². The van der Waals surface area contributed by atoms with Crippen LogP contribution < -0.4 is 9.47 Å². The van der Waals surface area contributed by atoms with E-state index in [9.17, 15) is 12.8 Å². The van der Waals surface area contributed by atoms with Crippen LogP contribution in [0.5, 0.6) is 11.5 Å². The molecule has 1 saturated heterocycles. The molecule has 0 saturated carbocycles. The molecule has 0 spiro atoms. The van der Waals surface area contributed by atoms with Gasteiger partial charge in [0.15, 0.2) is 11.5 Å². The molecule has 0 amide bonds. The van der Waals surface area contributed by atoms with Crippen LogP contribution in [0.15, 0.2) is 65.6 Å². The summed E-state index contributed by atoms with van der Waals surface area (Å²) >= 11 is 0. The van der Waals surface area contributed by atoms with Crippen LogP contribution in [0.4, 0.5) is 4.39 Å². The van der Waals surface area contributed by atoms with Gasteiger partial charge in [0.2, 0.25) is 10.0 Å². The van der Waals surface area contributed by atoms with E-state index in [1.54, 1.807) is 0 Å². The number of halogens is 1. The molecule has 184 valence electrons. The van der Waals surface area contributed by atoms with Gasteiger partial charge < -0.3 is 14.2 Å². The summed E-state index contributed by atoms with van der Waals surface area (Å²) < 4.78 is 60.1. The SMILES string of the molecule is Cc1ccccc1-c1cc2c(c(OC[C@H]3CCOC3)c1)OCCN(S(=O)(=O)c1ccccc1F)C2. The van der Waals surface area contributed by atoms with Crippen LogP contribution in [0.1, 0.15) is 17.5 Å². The molecular formula is C27H28FNO5S. The number of nitrogens with zero attached hydrogens (tertiary/aromatic N) is 1. The van der Waals surface area contributed by atoms with Gasteiger partial charge in [-0.1, -0.05) is 36.4 Å². The number of fused-ring (bicyclic) bond motifs is 1. The van der Waals surface area contributed by atoms with Crippen molar-refractivity contribution in [3.8, 4) is 22.6 Å². The van der Waals surface area contributed by atoms with Crippen LogP contribution in [0.2, 0.25) is 0 Å². The second-order valence-electron chi connectivity index (χ2n) is 8.94. The fourth-order valence-corrected chi connectivity index (χ4v) is 6.01. The minimum atomic E-state index is -4.06. The number of hydrogen-bond donors (Lipinski definition) is 0. The Hall–Kier alpha value is -2.94. The van der Waals surface area contributed by atoms with E-state index in [2.05, 4.69) is 0 Å². The highest BCUT2D eigenvalue weighted by molar-refractivity contribution is 7.89. The molecule has 2 heterocycles. The lowest BCUT2D eigenvalue weighted by molar-refractivity contribution is 0.165. The minimum Gasteiger partial charge on any atom is -0.489 e. The first kappa shape index (κ1) is 23.8. The van der Waals surface area contributed by atoms with Gasteiger partial charge in [0, 0.05) is 31.2 Å². The van der Waals surface area contributed by atoms with Gasteiger partial charge in [-0.25, -0.2) is 12.8 Å². The van der Waals surface area contributed by atoms with E-state index in [1.807, 2.05) is 43.3 Å². The van der Waals surface area contributed by atoms with Crippen LogP contribution >= 0.6 is 0 Å². The number of benzene rings is 3. The molecule has 5 rings (SSSR count). The number of aryl methyl sites for hydroxylation is 1. The van der Waals surface area contributed by atoms with Crippen molar-refractivity contribution in [2.45, 2.75) is 24.8 Å². The molecule has 0 unspecified atom stereocenters. The van der Waals surface area contributed by atoms with E-state index in [0.29, 0.717) is 36.2 Å². The fraction of sp³-hybridized carbons (Fsp3) is 0.333. The van der Waals surface area contributed by atoms with Crippen molar-refractivity contribution in [1.29, 1.82) is 0 Å². The van der Waals surface area contributed by atoms with Crippen LogP contribution in [-0.4, -0.2) is 45.7 Å². The van der Waals surface area contributed by atoms with Crippen molar-refractivity contribution in [3.63, 3.8) is 0 Å². The lowest BCUT2D eigenvalue weighted by atomic mass is 9.98. The molecule has 6 nitrogen and oxygen atoms in total. The molecule has 0 radical (unpaired) electrons. The zero-order valence-corrected chi connectivity index (χ0v) is 20.4. The van der Waals surface area contributed by atoms with Crippen molar-refractivity contribution in [2.24, 2.45) is 5.92 Å². The smallest absolute Gasteiger partial charge is 0.246 e. The van der Waals surface area contributed by atoms with Gasteiger partial charge >= 0.3 is 0 Å². The quantitative estimate of drug-likeness (QED) is 0.490. The molecule has 0 bridgehead atoms. The highest BCUT2D eigenvalue weighted by Crippen LogP contribution is 2.40. The standard InChI is InChI=1S/C27H28FNO5S/c1-19-6-2-3-7-23(19)21-14-22-16-29(35(30,31)26-9-5-4-8-24(26)28)11-13-33-27(22)25(15-21)34-18-20-10-12-32-17-20/h2-9,14-15,20H,10-13,16-18H2,1H3/t20-/m0/s1. The Kier molecular flexibility index (Phi) is 6.77. The van der Waals surface area contributed by atoms with Crippen molar-refractivity contribution in [3.05, 3.63) is 77.6 Å². The summed E-state index contributed by atoms with van der Waals surface area (Å²) in [5.74, 6) is 0.649. The van der Waals surface area contributed by atoms with Gasteiger partial charge in [0.05, 0.1) is 13.2 Å². The van der Waals surface area contributed by atoms with Gasteiger partial charge in [-0.15, -0.1) is 0 Å². The summed E-state index contributed by atoms with van der Waals surface area (Å²) in [6, 6.07) is 17.3. The Bertz CT molecular complexity index is 1320. The fourth-order valence-electron chi connectivity index (χ4n) is 4.54. The van der Waals surface area contributed by atoms with Crippen LogP contribution in [0.25, 0.3) is 11.1 Å². The van der Waals surface area contributed by atoms with Gasteiger partial charge in [-0.3, -0.25) is 0 Å². The zero-order valence-electron chi connectivity index (χ0n) is 19.6. The number of rotatable bonds is 6. The maximum atomic E-state index is 14.4. The molecule has 0 aromatic heterocycles. The second kappa shape index (κ2) is 9.97. The average molecular weight is 498 g/mol. The maximum absolute atomic E-state index is 14.4. The normalized spacial score (nSPS) is 18.5. The van der Waals surface area contributed by atoms with Crippen LogP contribution in [0, 0.1) is 18.7 Å². The molecule has 2 aliphatic rings. The predicted molar refractivity (Wildman–Crippen MR) is 131 cm³/mol. The third-order valence-electron chi connectivity index (χ3n) is 6.47. The Labute approximate surface area is 205 Å². The van der Waals surface area contributed by atoms with Crippen LogP contribution in [0.3, 0.4) is 0 Å². The lowest BCUT2D eigenvalue weighted by Gasteiger charge is -2.21. The first-order valence-electron chi connectivity index (χ1n) is 11.7. The third-order valence-corrected chi connectivity index (χ3v) is 8.35. The van der Waals surface area contributed by atoms with Crippen molar-refractivity contribution >= 4 is 10.0 Å². The maximum Gasteiger partial charge on any atom is 0.246 e. The van der Waals surface area contributed by atoms with Gasteiger partial charge in [0.1, 0.15) is 17.3 Å². The number of sulfonamides is 1. The van der Waals surface area contributed by atoms with E-state index in [-0.39, 0.29) is 24.6 Å². The van der Waals surface area contributed by atoms with Crippen molar-refractivity contribution in [2.75, 3.05) is 33.0 Å². The topological polar surface area (TPSA) is 65.1 Å². The highest BCUT2D eigenvalue weighted by atomic mass is 32.2. The molecule has 2 aliphatic heterocycles. The Morgan fingerprint density at radius 3 is 2.66 bits per heavy atom. The Morgan fingerprint density at radius 2 is 1.89 bits per heavy atom. The molecule has 8 heteroatoms. The average Bonchev–Trinajstić information content (AvgIpc) is 3.27. The highest BCUT2D eigenvalue weighted by Gasteiger charge is 2.31. The summed E-state index contributed by atoms with van der Waals surface area (Å²) in [7, 11) is -4.06. The van der Waals surface area contributed by atoms with E-state index in [4.69, 9.17) is 14.2 Å². The van der Waals surface area contributed by atoms with Gasteiger partial charge in [0.25, 0.3) is 0 Å². The van der Waals surface area contributed by atoms with Crippen molar-refractivity contribution in [1.82, 2.24) is 4.31 Å². The number of ether oxygens (including phenoxy) is 3. The molecule has 1 atom stereocenters. The molecule has 0 aliphatic carbocycles. The molecule has 3 aromatic carbocycles. The number of hydrogen-bond acceptors (Lipinski definition) is 5. The first-order chi connectivity index (χ1) is 16.9. The van der Waals surface area contributed by atoms with E-state index < -0.39 is 15.8 Å². The zero-order chi connectivity index (χ0) is 24.4.